The number of amides is 1. The number of aromatic nitrogens is 3. The second-order valence-electron chi connectivity index (χ2n) is 10.5. The summed E-state index contributed by atoms with van der Waals surface area (Å²) in [6, 6.07) is 11.1. The molecule has 3 aromatic rings. The van der Waals surface area contributed by atoms with Crippen molar-refractivity contribution in [2.24, 2.45) is 10.8 Å². The predicted molar refractivity (Wildman–Crippen MR) is 131 cm³/mol. The van der Waals surface area contributed by atoms with E-state index in [2.05, 4.69) is 36.0 Å². The third kappa shape index (κ3) is 4.10. The molecular formula is C25H28ClN5O2. The molecular weight excluding hydrogens is 438 g/mol. The summed E-state index contributed by atoms with van der Waals surface area (Å²) in [5.74, 6) is 0.0925. The van der Waals surface area contributed by atoms with Crippen LogP contribution in [0.2, 0.25) is 5.15 Å². The Morgan fingerprint density at radius 3 is 2.76 bits per heavy atom. The molecule has 2 aliphatic rings. The van der Waals surface area contributed by atoms with Gasteiger partial charge in [0.15, 0.2) is 11.0 Å². The van der Waals surface area contributed by atoms with Crippen molar-refractivity contribution in [1.82, 2.24) is 14.5 Å². The molecule has 2 aromatic heterocycles. The van der Waals surface area contributed by atoms with Crippen molar-refractivity contribution in [2.45, 2.75) is 52.6 Å². The fourth-order valence-electron chi connectivity index (χ4n) is 6.04. The summed E-state index contributed by atoms with van der Waals surface area (Å²) < 4.78 is 1.52. The molecule has 0 radical (unpaired) electrons. The first kappa shape index (κ1) is 21.9. The van der Waals surface area contributed by atoms with E-state index in [0.29, 0.717) is 22.5 Å². The third-order valence-corrected chi connectivity index (χ3v) is 7.16. The lowest BCUT2D eigenvalue weighted by atomic mass is 9.65. The summed E-state index contributed by atoms with van der Waals surface area (Å²) in [4.78, 5) is 37.6. The summed E-state index contributed by atoms with van der Waals surface area (Å²) in [6.45, 7) is 7.59. The molecule has 2 fully saturated rings. The summed E-state index contributed by atoms with van der Waals surface area (Å²) >= 11 is 6.09. The van der Waals surface area contributed by atoms with E-state index in [1.807, 2.05) is 24.3 Å². The highest BCUT2D eigenvalue weighted by Crippen LogP contribution is 2.52. The molecule has 1 saturated heterocycles. The Bertz CT molecular complexity index is 1300. The van der Waals surface area contributed by atoms with E-state index in [9.17, 15) is 9.59 Å². The minimum atomic E-state index is -0.345. The number of hydrogen-bond donors (Lipinski definition) is 1. The van der Waals surface area contributed by atoms with Gasteiger partial charge in [0, 0.05) is 18.8 Å². The zero-order chi connectivity index (χ0) is 23.4. The van der Waals surface area contributed by atoms with Crippen molar-refractivity contribution in [3.8, 4) is 0 Å². The monoisotopic (exact) mass is 465 g/mol. The highest BCUT2D eigenvalue weighted by molar-refractivity contribution is 6.32. The molecule has 172 valence electrons. The van der Waals surface area contributed by atoms with Gasteiger partial charge in [0.2, 0.25) is 5.91 Å². The number of para-hydroxylation sites is 2. The second-order valence-corrected chi connectivity index (χ2v) is 10.9. The Morgan fingerprint density at radius 2 is 1.97 bits per heavy atom. The van der Waals surface area contributed by atoms with Gasteiger partial charge in [-0.2, -0.15) is 0 Å². The standard InChI is InChI=1S/C25H28ClN5O2/c1-24(2)11-16-12-25(3,14-24)15-31(16)22-23(33)30(19-9-5-4-7-17(19)29-22)13-20(32)28-18-8-6-10-27-21(18)26/h4-10,16H,11-15H2,1-3H3,(H,28,32)/t16-,25+/m0/s1. The molecule has 0 spiro atoms. The van der Waals surface area contributed by atoms with Crippen LogP contribution < -0.4 is 15.8 Å². The van der Waals surface area contributed by atoms with Crippen LogP contribution in [0.3, 0.4) is 0 Å². The van der Waals surface area contributed by atoms with Crippen molar-refractivity contribution in [3.63, 3.8) is 0 Å². The molecule has 1 saturated carbocycles. The molecule has 2 bridgehead atoms. The van der Waals surface area contributed by atoms with Crippen LogP contribution in [0.4, 0.5) is 11.5 Å². The Hall–Kier alpha value is -2.93. The summed E-state index contributed by atoms with van der Waals surface area (Å²) in [5, 5.41) is 2.97. The summed E-state index contributed by atoms with van der Waals surface area (Å²) in [5.41, 5.74) is 1.89. The Balaban J connectivity index is 1.53. The highest BCUT2D eigenvalue weighted by atomic mass is 35.5. The van der Waals surface area contributed by atoms with Crippen LogP contribution in [0.25, 0.3) is 11.0 Å². The SMILES string of the molecule is CC1(C)C[C@H]2C[C@@](C)(CN2c2nc3ccccc3n(CC(=O)Nc3cccnc3Cl)c2=O)C1. The number of carbonyl (C=O) groups excluding carboxylic acids is 1. The van der Waals surface area contributed by atoms with E-state index < -0.39 is 0 Å². The van der Waals surface area contributed by atoms with E-state index in [-0.39, 0.29) is 40.0 Å². The van der Waals surface area contributed by atoms with Crippen LogP contribution in [0.15, 0.2) is 47.4 Å². The van der Waals surface area contributed by atoms with Crippen LogP contribution >= 0.6 is 11.6 Å². The molecule has 33 heavy (non-hydrogen) atoms. The first-order valence-electron chi connectivity index (χ1n) is 11.3. The van der Waals surface area contributed by atoms with E-state index in [0.717, 1.165) is 25.8 Å². The third-order valence-electron chi connectivity index (χ3n) is 6.86. The molecule has 8 heteroatoms. The zero-order valence-corrected chi connectivity index (χ0v) is 19.9. The van der Waals surface area contributed by atoms with E-state index in [1.165, 1.54) is 4.57 Å². The summed E-state index contributed by atoms with van der Waals surface area (Å²) in [6.07, 6.45) is 4.77. The van der Waals surface area contributed by atoms with Crippen LogP contribution in [-0.2, 0) is 11.3 Å². The maximum absolute atomic E-state index is 13.7. The normalized spacial score (nSPS) is 23.6. The average molecular weight is 466 g/mol. The number of carbonyl (C=O) groups is 1. The number of nitrogens with one attached hydrogen (secondary N) is 1. The molecule has 3 heterocycles. The molecule has 1 aliphatic heterocycles. The molecule has 0 unspecified atom stereocenters. The number of anilines is 2. The first-order chi connectivity index (χ1) is 15.6. The minimum absolute atomic E-state index is 0.138. The van der Waals surface area contributed by atoms with E-state index >= 15 is 0 Å². The number of hydrogen-bond acceptors (Lipinski definition) is 5. The molecule has 5 rings (SSSR count). The molecule has 2 atom stereocenters. The highest BCUT2D eigenvalue weighted by Gasteiger charge is 2.50. The Labute approximate surface area is 197 Å². The minimum Gasteiger partial charge on any atom is -0.348 e. The van der Waals surface area contributed by atoms with Crippen LogP contribution in [0, 0.1) is 10.8 Å². The van der Waals surface area contributed by atoms with Gasteiger partial charge in [-0.1, -0.05) is 44.5 Å². The van der Waals surface area contributed by atoms with Gasteiger partial charge in [0.1, 0.15) is 6.54 Å². The zero-order valence-electron chi connectivity index (χ0n) is 19.1. The van der Waals surface area contributed by atoms with Crippen LogP contribution in [-0.4, -0.2) is 33.0 Å². The molecule has 1 aromatic carbocycles. The average Bonchev–Trinajstić information content (AvgIpc) is 3.00. The van der Waals surface area contributed by atoms with Crippen LogP contribution in [0.5, 0.6) is 0 Å². The van der Waals surface area contributed by atoms with Gasteiger partial charge in [0.25, 0.3) is 5.56 Å². The Morgan fingerprint density at radius 1 is 1.18 bits per heavy atom. The van der Waals surface area contributed by atoms with Gasteiger partial charge < -0.3 is 10.2 Å². The van der Waals surface area contributed by atoms with Crippen molar-refractivity contribution >= 4 is 40.0 Å². The smallest absolute Gasteiger partial charge is 0.294 e. The van der Waals surface area contributed by atoms with Crippen LogP contribution in [0.1, 0.15) is 40.0 Å². The van der Waals surface area contributed by atoms with E-state index in [1.54, 1.807) is 18.3 Å². The molecule has 7 nitrogen and oxygen atoms in total. The van der Waals surface area contributed by atoms with Gasteiger partial charge in [0.05, 0.1) is 16.7 Å². The van der Waals surface area contributed by atoms with Gasteiger partial charge in [-0.3, -0.25) is 14.2 Å². The van der Waals surface area contributed by atoms with Gasteiger partial charge in [-0.05, 0) is 54.4 Å². The Kier molecular flexibility index (Phi) is 5.20. The molecule has 1 amide bonds. The largest absolute Gasteiger partial charge is 0.348 e. The lowest BCUT2D eigenvalue weighted by molar-refractivity contribution is -0.116. The van der Waals surface area contributed by atoms with Gasteiger partial charge in [-0.15, -0.1) is 0 Å². The maximum Gasteiger partial charge on any atom is 0.294 e. The number of fused-ring (bicyclic) bond motifs is 3. The topological polar surface area (TPSA) is 80.1 Å². The number of halogens is 1. The second kappa shape index (κ2) is 7.83. The van der Waals surface area contributed by atoms with E-state index in [4.69, 9.17) is 16.6 Å². The predicted octanol–water partition coefficient (Wildman–Crippen LogP) is 4.49. The van der Waals surface area contributed by atoms with Gasteiger partial charge in [-0.25, -0.2) is 9.97 Å². The molecule has 1 aliphatic carbocycles. The lowest BCUT2D eigenvalue weighted by Gasteiger charge is -2.39. The van der Waals surface area contributed by atoms with Crippen molar-refractivity contribution in [3.05, 3.63) is 58.1 Å². The maximum atomic E-state index is 13.7. The molecule has 1 N–H and O–H groups in total. The number of benzene rings is 1. The first-order valence-corrected chi connectivity index (χ1v) is 11.7. The summed E-state index contributed by atoms with van der Waals surface area (Å²) in [7, 11) is 0. The quantitative estimate of drug-likeness (QED) is 0.574. The van der Waals surface area contributed by atoms with Crippen molar-refractivity contribution in [2.75, 3.05) is 16.8 Å². The van der Waals surface area contributed by atoms with Crippen molar-refractivity contribution in [1.29, 1.82) is 0 Å². The van der Waals surface area contributed by atoms with Crippen molar-refractivity contribution < 1.29 is 4.79 Å². The number of pyridine rings is 1. The number of nitrogens with zero attached hydrogens (tertiary/aromatic N) is 4. The van der Waals surface area contributed by atoms with Gasteiger partial charge >= 0.3 is 0 Å². The fraction of sp³-hybridized carbons (Fsp3) is 0.440. The lowest BCUT2D eigenvalue weighted by Crippen LogP contribution is -2.39. The fourth-order valence-corrected chi connectivity index (χ4v) is 6.21. The number of rotatable bonds is 4.